The normalized spacial score (nSPS) is 12.2. The predicted octanol–water partition coefficient (Wildman–Crippen LogP) is 5.18. The summed E-state index contributed by atoms with van der Waals surface area (Å²) in [5, 5.41) is 3.76. The molecule has 2 amide bonds. The van der Waals surface area contributed by atoms with E-state index in [9.17, 15) is 18.0 Å². The molecule has 0 saturated carbocycles. The van der Waals surface area contributed by atoms with Gasteiger partial charge in [-0.3, -0.25) is 13.9 Å². The lowest BCUT2D eigenvalue weighted by atomic mass is 10.1. The molecular weight excluding hydrogens is 521 g/mol. The Kier molecular flexibility index (Phi) is 11.5. The standard InChI is InChI=1S/C26H35Cl2N3O4S/c1-5-15-29-26(33)23(6-2)30(18-20-13-14-21(27)17-22(20)28)25(32)12-9-16-31(36(4,34)35)24-11-8-7-10-19(24)3/h7-8,10-11,13-14,17,23H,5-6,9,12,15-16,18H2,1-4H3,(H,29,33). The van der Waals surface area contributed by atoms with E-state index in [1.54, 1.807) is 30.3 Å². The molecule has 2 rings (SSSR count). The van der Waals surface area contributed by atoms with E-state index in [0.717, 1.165) is 18.2 Å². The number of hydrogen-bond acceptors (Lipinski definition) is 4. The summed E-state index contributed by atoms with van der Waals surface area (Å²) in [6, 6.07) is 11.6. The maximum atomic E-state index is 13.4. The monoisotopic (exact) mass is 555 g/mol. The zero-order valence-electron chi connectivity index (χ0n) is 21.3. The molecule has 10 heteroatoms. The summed E-state index contributed by atoms with van der Waals surface area (Å²) >= 11 is 12.4. The summed E-state index contributed by atoms with van der Waals surface area (Å²) < 4.78 is 26.3. The molecule has 1 unspecified atom stereocenters. The quantitative estimate of drug-likeness (QED) is 0.368. The zero-order chi connectivity index (χ0) is 26.9. The van der Waals surface area contributed by atoms with E-state index in [4.69, 9.17) is 23.2 Å². The third kappa shape index (κ3) is 8.39. The highest BCUT2D eigenvalue weighted by atomic mass is 35.5. The Morgan fingerprint density at radius 1 is 1.08 bits per heavy atom. The number of aryl methyl sites for hydroxylation is 1. The van der Waals surface area contributed by atoms with Gasteiger partial charge in [0.2, 0.25) is 21.8 Å². The van der Waals surface area contributed by atoms with Gasteiger partial charge >= 0.3 is 0 Å². The molecule has 0 aliphatic rings. The Morgan fingerprint density at radius 3 is 2.36 bits per heavy atom. The SMILES string of the molecule is CCCNC(=O)C(CC)N(Cc1ccc(Cl)cc1Cl)C(=O)CCCN(c1ccccc1C)S(C)(=O)=O. The first-order valence-corrected chi connectivity index (χ1v) is 14.6. The van der Waals surface area contributed by atoms with E-state index in [1.165, 1.54) is 9.21 Å². The highest BCUT2D eigenvalue weighted by molar-refractivity contribution is 7.92. The zero-order valence-corrected chi connectivity index (χ0v) is 23.6. The van der Waals surface area contributed by atoms with E-state index in [0.29, 0.717) is 34.3 Å². The van der Waals surface area contributed by atoms with Crippen molar-refractivity contribution in [1.29, 1.82) is 0 Å². The van der Waals surface area contributed by atoms with Crippen LogP contribution in [0.5, 0.6) is 0 Å². The Balaban J connectivity index is 2.25. The lowest BCUT2D eigenvalue weighted by Crippen LogP contribution is -2.49. The van der Waals surface area contributed by atoms with E-state index in [1.807, 2.05) is 32.9 Å². The number of nitrogens with zero attached hydrogens (tertiary/aromatic N) is 2. The maximum Gasteiger partial charge on any atom is 0.242 e. The molecule has 2 aromatic carbocycles. The van der Waals surface area contributed by atoms with Gasteiger partial charge in [0.25, 0.3) is 0 Å². The van der Waals surface area contributed by atoms with Crippen LogP contribution in [0.2, 0.25) is 10.0 Å². The third-order valence-electron chi connectivity index (χ3n) is 5.83. The minimum Gasteiger partial charge on any atom is -0.354 e. The van der Waals surface area contributed by atoms with Crippen LogP contribution in [0.15, 0.2) is 42.5 Å². The summed E-state index contributed by atoms with van der Waals surface area (Å²) in [4.78, 5) is 27.9. The van der Waals surface area contributed by atoms with Crippen LogP contribution in [0.1, 0.15) is 50.7 Å². The minimum atomic E-state index is -3.55. The number of carbonyl (C=O) groups is 2. The number of halogens is 2. The molecule has 36 heavy (non-hydrogen) atoms. The van der Waals surface area contributed by atoms with Gasteiger partial charge in [-0.2, -0.15) is 0 Å². The van der Waals surface area contributed by atoms with Crippen molar-refractivity contribution < 1.29 is 18.0 Å². The molecule has 0 spiro atoms. The van der Waals surface area contributed by atoms with Gasteiger partial charge in [-0.15, -0.1) is 0 Å². The first-order valence-electron chi connectivity index (χ1n) is 12.0. The molecule has 1 N–H and O–H groups in total. The largest absolute Gasteiger partial charge is 0.354 e. The van der Waals surface area contributed by atoms with E-state index >= 15 is 0 Å². The van der Waals surface area contributed by atoms with Crippen molar-refractivity contribution in [2.75, 3.05) is 23.7 Å². The number of para-hydroxylation sites is 1. The second-order valence-electron chi connectivity index (χ2n) is 8.70. The topological polar surface area (TPSA) is 86.8 Å². The lowest BCUT2D eigenvalue weighted by molar-refractivity contribution is -0.141. The Bertz CT molecular complexity index is 1160. The van der Waals surface area contributed by atoms with E-state index < -0.39 is 16.1 Å². The molecule has 0 radical (unpaired) electrons. The minimum absolute atomic E-state index is 0.0701. The lowest BCUT2D eigenvalue weighted by Gasteiger charge is -2.31. The van der Waals surface area contributed by atoms with Gasteiger partial charge in [-0.05, 0) is 55.5 Å². The van der Waals surface area contributed by atoms with Crippen molar-refractivity contribution in [3.8, 4) is 0 Å². The molecule has 7 nitrogen and oxygen atoms in total. The number of sulfonamides is 1. The van der Waals surface area contributed by atoms with Gasteiger partial charge in [-0.25, -0.2) is 8.42 Å². The number of carbonyl (C=O) groups excluding carboxylic acids is 2. The van der Waals surface area contributed by atoms with Gasteiger partial charge in [-0.1, -0.05) is 61.3 Å². The van der Waals surface area contributed by atoms with Gasteiger partial charge in [0.05, 0.1) is 11.9 Å². The van der Waals surface area contributed by atoms with Crippen molar-refractivity contribution in [2.24, 2.45) is 0 Å². The van der Waals surface area contributed by atoms with Crippen molar-refractivity contribution in [2.45, 2.75) is 59.0 Å². The molecule has 0 fully saturated rings. The summed E-state index contributed by atoms with van der Waals surface area (Å²) in [7, 11) is -3.55. The molecule has 0 aromatic heterocycles. The Morgan fingerprint density at radius 2 is 1.78 bits per heavy atom. The molecule has 198 valence electrons. The maximum absolute atomic E-state index is 13.4. The molecule has 0 heterocycles. The van der Waals surface area contributed by atoms with Gasteiger partial charge in [0, 0.05) is 36.1 Å². The van der Waals surface area contributed by atoms with Crippen LogP contribution in [-0.4, -0.2) is 50.5 Å². The number of benzene rings is 2. The molecule has 0 aliphatic carbocycles. The van der Waals surface area contributed by atoms with Crippen molar-refractivity contribution >= 4 is 50.7 Å². The Hall–Kier alpha value is -2.29. The molecule has 1 atom stereocenters. The van der Waals surface area contributed by atoms with Crippen LogP contribution in [0.4, 0.5) is 5.69 Å². The Labute approximate surface area is 224 Å². The van der Waals surface area contributed by atoms with Crippen LogP contribution in [0, 0.1) is 6.92 Å². The molecule has 0 bridgehead atoms. The van der Waals surface area contributed by atoms with Gasteiger partial charge in [0.1, 0.15) is 6.04 Å². The highest BCUT2D eigenvalue weighted by Crippen LogP contribution is 2.25. The third-order valence-corrected chi connectivity index (χ3v) is 7.59. The fraction of sp³-hybridized carbons (Fsp3) is 0.462. The van der Waals surface area contributed by atoms with Gasteiger partial charge < -0.3 is 10.2 Å². The average molecular weight is 557 g/mol. The first-order chi connectivity index (χ1) is 17.0. The van der Waals surface area contributed by atoms with Crippen molar-refractivity contribution in [3.63, 3.8) is 0 Å². The number of amides is 2. The van der Waals surface area contributed by atoms with Crippen LogP contribution in [-0.2, 0) is 26.2 Å². The second kappa shape index (κ2) is 13.9. The van der Waals surface area contributed by atoms with Crippen LogP contribution in [0.3, 0.4) is 0 Å². The molecular formula is C26H35Cl2N3O4S. The molecule has 2 aromatic rings. The average Bonchev–Trinajstić information content (AvgIpc) is 2.81. The smallest absolute Gasteiger partial charge is 0.242 e. The van der Waals surface area contributed by atoms with E-state index in [2.05, 4.69) is 5.32 Å². The van der Waals surface area contributed by atoms with Crippen LogP contribution >= 0.6 is 23.2 Å². The number of nitrogens with one attached hydrogen (secondary N) is 1. The fourth-order valence-corrected chi connectivity index (χ4v) is 5.44. The predicted molar refractivity (Wildman–Crippen MR) is 147 cm³/mol. The van der Waals surface area contributed by atoms with Crippen LogP contribution < -0.4 is 9.62 Å². The molecule has 0 saturated heterocycles. The van der Waals surface area contributed by atoms with E-state index in [-0.39, 0.29) is 37.7 Å². The summed E-state index contributed by atoms with van der Waals surface area (Å²) in [6.07, 6.45) is 2.71. The van der Waals surface area contributed by atoms with Gasteiger partial charge in [0.15, 0.2) is 0 Å². The summed E-state index contributed by atoms with van der Waals surface area (Å²) in [5.41, 5.74) is 2.09. The second-order valence-corrected chi connectivity index (χ2v) is 11.4. The number of anilines is 1. The summed E-state index contributed by atoms with van der Waals surface area (Å²) in [5.74, 6) is -0.479. The molecule has 0 aliphatic heterocycles. The van der Waals surface area contributed by atoms with Crippen molar-refractivity contribution in [3.05, 3.63) is 63.6 Å². The first kappa shape index (κ1) is 29.9. The highest BCUT2D eigenvalue weighted by Gasteiger charge is 2.29. The fourth-order valence-electron chi connectivity index (χ4n) is 3.94. The number of hydrogen-bond donors (Lipinski definition) is 1. The van der Waals surface area contributed by atoms with Crippen LogP contribution in [0.25, 0.3) is 0 Å². The summed E-state index contributed by atoms with van der Waals surface area (Å²) in [6.45, 7) is 6.45. The van der Waals surface area contributed by atoms with Crippen molar-refractivity contribution in [1.82, 2.24) is 10.2 Å². The number of rotatable bonds is 13.